The van der Waals surface area contributed by atoms with Crippen molar-refractivity contribution < 1.29 is 14.5 Å². The van der Waals surface area contributed by atoms with E-state index in [4.69, 9.17) is 4.74 Å². The maximum atomic E-state index is 11.7. The number of rotatable bonds is 7. The molecule has 0 aliphatic heterocycles. The van der Waals surface area contributed by atoms with Crippen LogP contribution in [-0.2, 0) is 16.6 Å². The van der Waals surface area contributed by atoms with Crippen LogP contribution in [0.2, 0.25) is 0 Å². The number of ether oxygens (including phenoxy) is 1. The highest BCUT2D eigenvalue weighted by Crippen LogP contribution is 2.24. The van der Waals surface area contributed by atoms with Crippen LogP contribution in [0.15, 0.2) is 0 Å². The van der Waals surface area contributed by atoms with Gasteiger partial charge in [0, 0.05) is 26.9 Å². The average Bonchev–Trinajstić information content (AvgIpc) is 3.06. The zero-order chi connectivity index (χ0) is 16.1. The second-order valence-electron chi connectivity index (χ2n) is 5.57. The zero-order valence-electron chi connectivity index (χ0n) is 13.0. The van der Waals surface area contributed by atoms with Crippen molar-refractivity contribution in [3.8, 4) is 0 Å². The van der Waals surface area contributed by atoms with Crippen molar-refractivity contribution in [3.63, 3.8) is 0 Å². The molecule has 2 rings (SSSR count). The van der Waals surface area contributed by atoms with Gasteiger partial charge in [-0.05, 0) is 42.0 Å². The van der Waals surface area contributed by atoms with E-state index in [0.717, 1.165) is 25.7 Å². The SMILES string of the molecule is Cc1nc([N+](=O)[O-])c(NCCCC(=O)OC2CCCC2)n1C. The molecule has 0 radical (unpaired) electrons. The van der Waals surface area contributed by atoms with E-state index in [9.17, 15) is 14.9 Å². The van der Waals surface area contributed by atoms with Gasteiger partial charge in [0.15, 0.2) is 0 Å². The third-order valence-corrected chi connectivity index (χ3v) is 3.92. The molecule has 8 heteroatoms. The lowest BCUT2D eigenvalue weighted by Crippen LogP contribution is -2.16. The monoisotopic (exact) mass is 310 g/mol. The largest absolute Gasteiger partial charge is 0.462 e. The molecule has 1 saturated carbocycles. The summed E-state index contributed by atoms with van der Waals surface area (Å²) in [6, 6.07) is 0. The Hall–Kier alpha value is -2.12. The maximum absolute atomic E-state index is 11.7. The Morgan fingerprint density at radius 3 is 2.82 bits per heavy atom. The predicted octanol–water partition coefficient (Wildman–Crippen LogP) is 2.31. The van der Waals surface area contributed by atoms with Crippen molar-refractivity contribution >= 4 is 17.6 Å². The van der Waals surface area contributed by atoms with E-state index < -0.39 is 4.92 Å². The molecule has 1 aliphatic carbocycles. The lowest BCUT2D eigenvalue weighted by molar-refractivity contribution is -0.388. The van der Waals surface area contributed by atoms with Crippen LogP contribution in [0.25, 0.3) is 0 Å². The Balaban J connectivity index is 1.76. The van der Waals surface area contributed by atoms with Crippen LogP contribution in [0.1, 0.15) is 44.3 Å². The van der Waals surface area contributed by atoms with Crippen LogP contribution in [0, 0.1) is 17.0 Å². The minimum atomic E-state index is -0.510. The third kappa shape index (κ3) is 3.96. The highest BCUT2D eigenvalue weighted by molar-refractivity contribution is 5.69. The smallest absolute Gasteiger partial charge is 0.406 e. The molecule has 0 atom stereocenters. The number of aryl methyl sites for hydroxylation is 1. The van der Waals surface area contributed by atoms with E-state index in [-0.39, 0.29) is 17.9 Å². The number of hydrogen-bond donors (Lipinski definition) is 1. The molecule has 8 nitrogen and oxygen atoms in total. The molecule has 0 aromatic carbocycles. The second kappa shape index (κ2) is 7.24. The zero-order valence-corrected chi connectivity index (χ0v) is 13.0. The first kappa shape index (κ1) is 16.3. The highest BCUT2D eigenvalue weighted by Gasteiger charge is 2.23. The summed E-state index contributed by atoms with van der Waals surface area (Å²) in [7, 11) is 1.71. The molecule has 1 aromatic rings. The minimum Gasteiger partial charge on any atom is -0.462 e. The van der Waals surface area contributed by atoms with E-state index in [2.05, 4.69) is 10.3 Å². The van der Waals surface area contributed by atoms with E-state index in [1.54, 1.807) is 18.5 Å². The van der Waals surface area contributed by atoms with Crippen LogP contribution in [0.4, 0.5) is 11.6 Å². The highest BCUT2D eigenvalue weighted by atomic mass is 16.6. The molecule has 1 heterocycles. The molecule has 0 amide bonds. The van der Waals surface area contributed by atoms with Crippen molar-refractivity contribution in [3.05, 3.63) is 15.9 Å². The average molecular weight is 310 g/mol. The summed E-state index contributed by atoms with van der Waals surface area (Å²) in [5.74, 6) is 0.555. The van der Waals surface area contributed by atoms with Crippen LogP contribution >= 0.6 is 0 Å². The van der Waals surface area contributed by atoms with E-state index in [0.29, 0.717) is 31.0 Å². The van der Waals surface area contributed by atoms with Gasteiger partial charge >= 0.3 is 11.8 Å². The lowest BCUT2D eigenvalue weighted by Gasteiger charge is -2.11. The Bertz CT molecular complexity index is 549. The molecule has 22 heavy (non-hydrogen) atoms. The third-order valence-electron chi connectivity index (χ3n) is 3.92. The topological polar surface area (TPSA) is 99.3 Å². The molecular formula is C14H22N4O4. The number of nitrogens with zero attached hydrogens (tertiary/aromatic N) is 3. The summed E-state index contributed by atoms with van der Waals surface area (Å²) < 4.78 is 6.99. The maximum Gasteiger partial charge on any atom is 0.406 e. The van der Waals surface area contributed by atoms with Gasteiger partial charge in [0.2, 0.25) is 11.6 Å². The van der Waals surface area contributed by atoms with Crippen molar-refractivity contribution in [1.82, 2.24) is 9.55 Å². The first-order valence-corrected chi connectivity index (χ1v) is 7.60. The molecule has 1 aromatic heterocycles. The fourth-order valence-corrected chi connectivity index (χ4v) is 2.61. The molecule has 1 N–H and O–H groups in total. The van der Waals surface area contributed by atoms with Crippen LogP contribution in [0.5, 0.6) is 0 Å². The quantitative estimate of drug-likeness (QED) is 0.359. The fourth-order valence-electron chi connectivity index (χ4n) is 2.61. The van der Waals surface area contributed by atoms with Crippen molar-refractivity contribution in [1.29, 1.82) is 0 Å². The molecule has 122 valence electrons. The van der Waals surface area contributed by atoms with E-state index in [1.165, 1.54) is 0 Å². The standard InChI is InChI=1S/C14H22N4O4/c1-10-16-14(18(20)21)13(17(10)2)15-9-5-8-12(19)22-11-6-3-4-7-11/h11,15H,3-9H2,1-2H3. The van der Waals surface area contributed by atoms with Gasteiger partial charge in [-0.3, -0.25) is 9.36 Å². The summed E-state index contributed by atoms with van der Waals surface area (Å²) in [4.78, 5) is 26.0. The first-order chi connectivity index (χ1) is 10.5. The van der Waals surface area contributed by atoms with E-state index >= 15 is 0 Å². The molecule has 1 fully saturated rings. The number of hydrogen-bond acceptors (Lipinski definition) is 6. The number of carbonyl (C=O) groups is 1. The van der Waals surface area contributed by atoms with Crippen molar-refractivity contribution in [2.24, 2.45) is 7.05 Å². The van der Waals surface area contributed by atoms with Crippen LogP contribution in [-0.4, -0.2) is 33.1 Å². The van der Waals surface area contributed by atoms with Gasteiger partial charge in [-0.2, -0.15) is 0 Å². The predicted molar refractivity (Wildman–Crippen MR) is 80.7 cm³/mol. The molecular weight excluding hydrogens is 288 g/mol. The number of nitrogens with one attached hydrogen (secondary N) is 1. The number of anilines is 1. The molecule has 0 bridgehead atoms. The second-order valence-corrected chi connectivity index (χ2v) is 5.57. The Morgan fingerprint density at radius 2 is 2.18 bits per heavy atom. The summed E-state index contributed by atoms with van der Waals surface area (Å²) in [5.41, 5.74) is 0. The van der Waals surface area contributed by atoms with Crippen LogP contribution in [0.3, 0.4) is 0 Å². The Morgan fingerprint density at radius 1 is 1.50 bits per heavy atom. The summed E-state index contributed by atoms with van der Waals surface area (Å²) >= 11 is 0. The number of esters is 1. The fraction of sp³-hybridized carbons (Fsp3) is 0.714. The van der Waals surface area contributed by atoms with Gasteiger partial charge in [-0.25, -0.2) is 0 Å². The minimum absolute atomic E-state index is 0.0845. The van der Waals surface area contributed by atoms with Gasteiger partial charge in [-0.1, -0.05) is 0 Å². The summed E-state index contributed by atoms with van der Waals surface area (Å²) in [6.07, 6.45) is 5.14. The van der Waals surface area contributed by atoms with Crippen molar-refractivity contribution in [2.45, 2.75) is 51.6 Å². The number of aromatic nitrogens is 2. The number of imidazole rings is 1. The summed E-state index contributed by atoms with van der Waals surface area (Å²) in [5, 5.41) is 13.9. The Kier molecular flexibility index (Phi) is 5.35. The van der Waals surface area contributed by atoms with Gasteiger partial charge in [0.25, 0.3) is 0 Å². The van der Waals surface area contributed by atoms with Gasteiger partial charge < -0.3 is 20.2 Å². The summed E-state index contributed by atoms with van der Waals surface area (Å²) in [6.45, 7) is 2.16. The normalized spacial score (nSPS) is 15.0. The Labute approximate surface area is 129 Å². The molecule has 0 spiro atoms. The molecule has 0 saturated heterocycles. The van der Waals surface area contributed by atoms with Gasteiger partial charge in [0.05, 0.1) is 0 Å². The van der Waals surface area contributed by atoms with Crippen molar-refractivity contribution in [2.75, 3.05) is 11.9 Å². The van der Waals surface area contributed by atoms with E-state index in [1.807, 2.05) is 0 Å². The van der Waals surface area contributed by atoms with Gasteiger partial charge in [0.1, 0.15) is 6.10 Å². The molecule has 0 unspecified atom stereocenters. The molecule has 1 aliphatic rings. The lowest BCUT2D eigenvalue weighted by atomic mass is 10.3. The first-order valence-electron chi connectivity index (χ1n) is 7.60. The number of nitro groups is 1. The van der Waals surface area contributed by atoms with Gasteiger partial charge in [-0.15, -0.1) is 0 Å². The number of carbonyl (C=O) groups excluding carboxylic acids is 1. The van der Waals surface area contributed by atoms with Crippen LogP contribution < -0.4 is 5.32 Å².